The van der Waals surface area contributed by atoms with Gasteiger partial charge < -0.3 is 11.1 Å². The molecule has 0 radical (unpaired) electrons. The number of anilines is 1. The van der Waals surface area contributed by atoms with Crippen molar-refractivity contribution in [3.8, 4) is 0 Å². The first kappa shape index (κ1) is 14.8. The average Bonchev–Trinajstić information content (AvgIpc) is 2.37. The van der Waals surface area contributed by atoms with Gasteiger partial charge in [-0.15, -0.1) is 11.8 Å². The van der Waals surface area contributed by atoms with Gasteiger partial charge in [0, 0.05) is 17.6 Å². The average molecular weight is 267 g/mol. The maximum Gasteiger partial charge on any atom is 0.233 e. The molecular formula is C13H21N3OS. The number of nitrogens with zero attached hydrogens (tertiary/aromatic N) is 1. The van der Waals surface area contributed by atoms with Crippen LogP contribution in [0.1, 0.15) is 33.1 Å². The summed E-state index contributed by atoms with van der Waals surface area (Å²) in [7, 11) is 0. The highest BCUT2D eigenvalue weighted by atomic mass is 32.2. The van der Waals surface area contributed by atoms with E-state index in [0.29, 0.717) is 5.69 Å². The number of amides is 1. The molecule has 1 rings (SSSR count). The van der Waals surface area contributed by atoms with Crippen molar-refractivity contribution in [3.05, 3.63) is 18.5 Å². The quantitative estimate of drug-likeness (QED) is 0.588. The van der Waals surface area contributed by atoms with E-state index in [9.17, 15) is 4.79 Å². The fraction of sp³-hybridized carbons (Fsp3) is 0.538. The number of pyridine rings is 1. The minimum absolute atomic E-state index is 0.0623. The van der Waals surface area contributed by atoms with E-state index in [1.54, 1.807) is 12.4 Å². The smallest absolute Gasteiger partial charge is 0.233 e. The molecule has 1 atom stereocenters. The van der Waals surface area contributed by atoms with Crippen molar-refractivity contribution in [1.29, 1.82) is 0 Å². The molecule has 100 valence electrons. The summed E-state index contributed by atoms with van der Waals surface area (Å²) >= 11 is 1.47. The van der Waals surface area contributed by atoms with Crippen LogP contribution in [0.2, 0.25) is 0 Å². The second kappa shape index (κ2) is 7.97. The molecule has 18 heavy (non-hydrogen) atoms. The number of nitrogens with one attached hydrogen (secondary N) is 1. The number of carbonyl (C=O) groups is 1. The van der Waals surface area contributed by atoms with E-state index in [-0.39, 0.29) is 11.2 Å². The van der Waals surface area contributed by atoms with Crippen molar-refractivity contribution < 1.29 is 4.79 Å². The van der Waals surface area contributed by atoms with Gasteiger partial charge in [-0.05, 0) is 19.4 Å². The summed E-state index contributed by atoms with van der Waals surface area (Å²) < 4.78 is 0. The number of rotatable bonds is 7. The monoisotopic (exact) mass is 267 g/mol. The van der Waals surface area contributed by atoms with E-state index >= 15 is 0 Å². The molecule has 5 heteroatoms. The minimum atomic E-state index is -0.142. The van der Waals surface area contributed by atoms with Gasteiger partial charge in [0.1, 0.15) is 0 Å². The molecule has 4 nitrogen and oxygen atoms in total. The van der Waals surface area contributed by atoms with E-state index in [2.05, 4.69) is 17.2 Å². The fourth-order valence-electron chi connectivity index (χ4n) is 1.48. The summed E-state index contributed by atoms with van der Waals surface area (Å²) in [6, 6.07) is 1.83. The normalized spacial score (nSPS) is 12.1. The van der Waals surface area contributed by atoms with Gasteiger partial charge in [-0.3, -0.25) is 9.78 Å². The molecule has 0 saturated heterocycles. The molecule has 0 fully saturated rings. The molecule has 0 aromatic carbocycles. The van der Waals surface area contributed by atoms with Crippen molar-refractivity contribution in [2.45, 2.75) is 43.3 Å². The Bertz CT molecular complexity index is 384. The zero-order valence-corrected chi connectivity index (χ0v) is 11.8. The number of carbonyl (C=O) groups excluding carboxylic acids is 1. The molecule has 1 unspecified atom stereocenters. The maximum absolute atomic E-state index is 11.8. The maximum atomic E-state index is 11.8. The number of hydrogen-bond donors (Lipinski definition) is 2. The third-order valence-electron chi connectivity index (χ3n) is 2.56. The molecule has 0 aliphatic carbocycles. The molecule has 3 N–H and O–H groups in total. The van der Waals surface area contributed by atoms with E-state index in [1.807, 2.05) is 13.0 Å². The first-order chi connectivity index (χ1) is 8.65. The number of hydrogen-bond acceptors (Lipinski definition) is 4. The van der Waals surface area contributed by atoms with Crippen molar-refractivity contribution in [3.63, 3.8) is 0 Å². The third-order valence-corrected chi connectivity index (χ3v) is 3.76. The molecule has 0 aliphatic rings. The Balaban J connectivity index is 2.38. The predicted molar refractivity (Wildman–Crippen MR) is 76.5 cm³/mol. The lowest BCUT2D eigenvalue weighted by Gasteiger charge is -2.12. The predicted octanol–water partition coefficient (Wildman–Crippen LogP) is 2.45. The Labute approximate surface area is 113 Å². The highest BCUT2D eigenvalue weighted by molar-refractivity contribution is 8.00. The van der Waals surface area contributed by atoms with Crippen molar-refractivity contribution in [2.24, 2.45) is 0 Å². The van der Waals surface area contributed by atoms with Crippen LogP contribution in [0.4, 0.5) is 5.69 Å². The Morgan fingerprint density at radius 2 is 2.33 bits per heavy atom. The van der Waals surface area contributed by atoms with Crippen LogP contribution in [0.3, 0.4) is 0 Å². The van der Waals surface area contributed by atoms with Gasteiger partial charge in [0.05, 0.1) is 17.1 Å². The molecule has 1 aromatic heterocycles. The number of nitrogens with two attached hydrogens (primary N) is 1. The zero-order valence-electron chi connectivity index (χ0n) is 11.0. The second-order valence-electron chi connectivity index (χ2n) is 4.17. The van der Waals surface area contributed by atoms with Crippen molar-refractivity contribution in [2.75, 3.05) is 12.3 Å². The van der Waals surface area contributed by atoms with Crippen LogP contribution >= 0.6 is 11.8 Å². The van der Waals surface area contributed by atoms with Crippen molar-refractivity contribution in [1.82, 2.24) is 10.3 Å². The molecule has 0 saturated carbocycles. The van der Waals surface area contributed by atoms with Crippen LogP contribution in [0.15, 0.2) is 23.4 Å². The summed E-state index contributed by atoms with van der Waals surface area (Å²) in [4.78, 5) is 16.7. The number of nitrogen functional groups attached to an aromatic ring is 1. The van der Waals surface area contributed by atoms with E-state index in [0.717, 1.165) is 30.7 Å². The molecule has 0 aliphatic heterocycles. The summed E-state index contributed by atoms with van der Waals surface area (Å²) in [6.45, 7) is 4.79. The number of unbranched alkanes of at least 4 members (excludes halogenated alkanes) is 2. The largest absolute Gasteiger partial charge is 0.397 e. The lowest BCUT2D eigenvalue weighted by Crippen LogP contribution is -2.31. The van der Waals surface area contributed by atoms with Gasteiger partial charge in [0.25, 0.3) is 0 Å². The van der Waals surface area contributed by atoms with Crippen LogP contribution in [0.25, 0.3) is 0 Å². The lowest BCUT2D eigenvalue weighted by molar-refractivity contribution is -0.120. The van der Waals surface area contributed by atoms with Gasteiger partial charge in [-0.2, -0.15) is 0 Å². The minimum Gasteiger partial charge on any atom is -0.397 e. The lowest BCUT2D eigenvalue weighted by atomic mass is 10.2. The Morgan fingerprint density at radius 1 is 1.56 bits per heavy atom. The van der Waals surface area contributed by atoms with Gasteiger partial charge in [-0.1, -0.05) is 19.8 Å². The Morgan fingerprint density at radius 3 is 3.00 bits per heavy atom. The second-order valence-corrected chi connectivity index (χ2v) is 5.55. The Kier molecular flexibility index (Phi) is 6.57. The highest BCUT2D eigenvalue weighted by Gasteiger charge is 2.14. The molecule has 0 spiro atoms. The topological polar surface area (TPSA) is 68.0 Å². The van der Waals surface area contributed by atoms with Crippen molar-refractivity contribution >= 4 is 23.4 Å². The molecule has 1 heterocycles. The number of thioether (sulfide) groups is 1. The van der Waals surface area contributed by atoms with Crippen LogP contribution in [0.5, 0.6) is 0 Å². The molecule has 1 aromatic rings. The molecule has 0 bridgehead atoms. The van der Waals surface area contributed by atoms with Gasteiger partial charge >= 0.3 is 0 Å². The van der Waals surface area contributed by atoms with Crippen LogP contribution in [0, 0.1) is 0 Å². The van der Waals surface area contributed by atoms with Crippen LogP contribution < -0.4 is 11.1 Å². The first-order valence-corrected chi connectivity index (χ1v) is 7.17. The van der Waals surface area contributed by atoms with Gasteiger partial charge in [-0.25, -0.2) is 0 Å². The zero-order chi connectivity index (χ0) is 13.4. The van der Waals surface area contributed by atoms with E-state index in [4.69, 9.17) is 5.73 Å². The summed E-state index contributed by atoms with van der Waals surface area (Å²) in [5.74, 6) is 0.0623. The number of aromatic nitrogens is 1. The van der Waals surface area contributed by atoms with Crippen LogP contribution in [-0.4, -0.2) is 22.7 Å². The van der Waals surface area contributed by atoms with Crippen LogP contribution in [-0.2, 0) is 4.79 Å². The summed E-state index contributed by atoms with van der Waals surface area (Å²) in [5.41, 5.74) is 6.41. The SMILES string of the molecule is CCCCCNC(=O)C(C)Sc1ccncc1N. The highest BCUT2D eigenvalue weighted by Crippen LogP contribution is 2.27. The van der Waals surface area contributed by atoms with E-state index < -0.39 is 0 Å². The van der Waals surface area contributed by atoms with Gasteiger partial charge in [0.15, 0.2) is 0 Å². The fourth-order valence-corrected chi connectivity index (χ4v) is 2.38. The van der Waals surface area contributed by atoms with Gasteiger partial charge in [0.2, 0.25) is 5.91 Å². The third kappa shape index (κ3) is 4.96. The summed E-state index contributed by atoms with van der Waals surface area (Å²) in [6.07, 6.45) is 6.64. The summed E-state index contributed by atoms with van der Waals surface area (Å²) in [5, 5.41) is 2.80. The first-order valence-electron chi connectivity index (χ1n) is 6.29. The van der Waals surface area contributed by atoms with E-state index in [1.165, 1.54) is 11.8 Å². The standard InChI is InChI=1S/C13H21N3OS/c1-3-4-5-7-16-13(17)10(2)18-12-6-8-15-9-11(12)14/h6,8-10H,3-5,7,14H2,1-2H3,(H,16,17). The molecular weight excluding hydrogens is 246 g/mol. The Hall–Kier alpha value is -1.23. The molecule has 1 amide bonds.